The van der Waals surface area contributed by atoms with Crippen LogP contribution in [-0.2, 0) is 0 Å². The van der Waals surface area contributed by atoms with Crippen LogP contribution in [0.15, 0.2) is 18.2 Å². The van der Waals surface area contributed by atoms with Gasteiger partial charge in [-0.2, -0.15) is 0 Å². The van der Waals surface area contributed by atoms with Gasteiger partial charge in [0.25, 0.3) is 0 Å². The molecule has 3 atom stereocenters. The van der Waals surface area contributed by atoms with Crippen LogP contribution in [0.4, 0.5) is 0 Å². The molecule has 0 radical (unpaired) electrons. The van der Waals surface area contributed by atoms with Gasteiger partial charge in [0.05, 0.1) is 0 Å². The lowest BCUT2D eigenvalue weighted by Crippen LogP contribution is -2.61. The van der Waals surface area contributed by atoms with Crippen molar-refractivity contribution in [1.29, 1.82) is 0 Å². The van der Waals surface area contributed by atoms with Crippen LogP contribution in [0, 0.1) is 5.41 Å². The molecule has 1 aromatic rings. The lowest BCUT2D eigenvalue weighted by molar-refractivity contribution is -0.0570. The average Bonchev–Trinajstić information content (AvgIpc) is 2.45. The van der Waals surface area contributed by atoms with E-state index in [1.165, 1.54) is 11.1 Å². The Hall–Kier alpha value is -1.02. The second kappa shape index (κ2) is 6.00. The summed E-state index contributed by atoms with van der Waals surface area (Å²) in [6.45, 7) is 13.4. The van der Waals surface area contributed by atoms with Crippen molar-refractivity contribution in [3.63, 3.8) is 0 Å². The predicted molar refractivity (Wildman–Crippen MR) is 90.0 cm³/mol. The van der Waals surface area contributed by atoms with Gasteiger partial charge in [0.2, 0.25) is 0 Å². The monoisotopic (exact) mass is 289 g/mol. The van der Waals surface area contributed by atoms with Crippen LogP contribution in [0.2, 0.25) is 0 Å². The SMILES string of the molecule is CCC1(C)C(N)CC1Oc1c(C(C)C)cccc1C(C)C. The molecule has 2 rings (SSSR count). The summed E-state index contributed by atoms with van der Waals surface area (Å²) in [7, 11) is 0. The third-order valence-electron chi connectivity index (χ3n) is 5.39. The fourth-order valence-electron chi connectivity index (χ4n) is 3.28. The summed E-state index contributed by atoms with van der Waals surface area (Å²) in [6, 6.07) is 6.83. The summed E-state index contributed by atoms with van der Waals surface area (Å²) in [4.78, 5) is 0. The third kappa shape index (κ3) is 2.83. The zero-order chi connectivity index (χ0) is 15.8. The van der Waals surface area contributed by atoms with Gasteiger partial charge in [-0.15, -0.1) is 0 Å². The van der Waals surface area contributed by atoms with Gasteiger partial charge in [-0.05, 0) is 29.4 Å². The van der Waals surface area contributed by atoms with E-state index in [9.17, 15) is 0 Å². The quantitative estimate of drug-likeness (QED) is 0.842. The fourth-order valence-corrected chi connectivity index (χ4v) is 3.28. The molecular weight excluding hydrogens is 258 g/mol. The van der Waals surface area contributed by atoms with Crippen LogP contribution in [0.1, 0.15) is 77.3 Å². The number of benzene rings is 1. The molecule has 0 amide bonds. The smallest absolute Gasteiger partial charge is 0.126 e. The maximum Gasteiger partial charge on any atom is 0.126 e. The molecule has 118 valence electrons. The van der Waals surface area contributed by atoms with Gasteiger partial charge in [0.15, 0.2) is 0 Å². The molecule has 0 spiro atoms. The largest absolute Gasteiger partial charge is 0.489 e. The minimum atomic E-state index is 0.109. The van der Waals surface area contributed by atoms with Gasteiger partial charge >= 0.3 is 0 Å². The molecule has 1 aromatic carbocycles. The van der Waals surface area contributed by atoms with Gasteiger partial charge in [-0.1, -0.05) is 59.7 Å². The van der Waals surface area contributed by atoms with Crippen molar-refractivity contribution in [2.45, 2.75) is 78.4 Å². The van der Waals surface area contributed by atoms with E-state index in [0.29, 0.717) is 11.8 Å². The molecular formula is C19H31NO. The van der Waals surface area contributed by atoms with Gasteiger partial charge < -0.3 is 10.5 Å². The Kier molecular flexibility index (Phi) is 4.67. The zero-order valence-corrected chi connectivity index (χ0v) is 14.4. The van der Waals surface area contributed by atoms with Gasteiger partial charge in [0, 0.05) is 17.9 Å². The molecule has 0 aliphatic heterocycles. The molecule has 0 bridgehead atoms. The number of ether oxygens (including phenoxy) is 1. The highest BCUT2D eigenvalue weighted by atomic mass is 16.5. The molecule has 2 heteroatoms. The van der Waals surface area contributed by atoms with Crippen LogP contribution >= 0.6 is 0 Å². The minimum Gasteiger partial charge on any atom is -0.489 e. The van der Waals surface area contributed by atoms with E-state index < -0.39 is 0 Å². The second-order valence-electron chi connectivity index (χ2n) is 7.38. The van der Waals surface area contributed by atoms with Gasteiger partial charge in [0.1, 0.15) is 11.9 Å². The molecule has 0 aromatic heterocycles. The van der Waals surface area contributed by atoms with Crippen LogP contribution in [0.25, 0.3) is 0 Å². The first-order valence-electron chi connectivity index (χ1n) is 8.36. The summed E-state index contributed by atoms with van der Waals surface area (Å²) >= 11 is 0. The first-order chi connectivity index (χ1) is 9.81. The maximum atomic E-state index is 6.53. The van der Waals surface area contributed by atoms with Crippen molar-refractivity contribution in [2.75, 3.05) is 0 Å². The number of rotatable bonds is 5. The Morgan fingerprint density at radius 1 is 1.19 bits per heavy atom. The molecule has 1 aliphatic rings. The van der Waals surface area contributed by atoms with Crippen molar-refractivity contribution < 1.29 is 4.74 Å². The molecule has 0 heterocycles. The Morgan fingerprint density at radius 3 is 2.10 bits per heavy atom. The Labute approximate surface area is 130 Å². The average molecular weight is 289 g/mol. The summed E-state index contributed by atoms with van der Waals surface area (Å²) in [5, 5.41) is 0. The standard InChI is InChI=1S/C19H31NO/c1-7-19(6)16(20)11-17(19)21-18-14(12(2)3)9-8-10-15(18)13(4)5/h8-10,12-13,16-17H,7,11,20H2,1-6H3. The van der Waals surface area contributed by atoms with Crippen LogP contribution in [-0.4, -0.2) is 12.1 Å². The lowest BCUT2D eigenvalue weighted by atomic mass is 9.62. The highest BCUT2D eigenvalue weighted by molar-refractivity contribution is 5.45. The Morgan fingerprint density at radius 2 is 1.71 bits per heavy atom. The summed E-state index contributed by atoms with van der Waals surface area (Å²) in [5.41, 5.74) is 8.98. The van der Waals surface area contributed by atoms with E-state index in [2.05, 4.69) is 59.7 Å². The number of nitrogens with two attached hydrogens (primary N) is 1. The topological polar surface area (TPSA) is 35.2 Å². The minimum absolute atomic E-state index is 0.109. The van der Waals surface area contributed by atoms with E-state index in [1.54, 1.807) is 0 Å². The molecule has 1 fully saturated rings. The van der Waals surface area contributed by atoms with Crippen molar-refractivity contribution in [2.24, 2.45) is 11.1 Å². The van der Waals surface area contributed by atoms with Gasteiger partial charge in [-0.25, -0.2) is 0 Å². The predicted octanol–water partition coefficient (Wildman–Crippen LogP) is 4.83. The molecule has 21 heavy (non-hydrogen) atoms. The summed E-state index contributed by atoms with van der Waals surface area (Å²) < 4.78 is 6.53. The molecule has 3 unspecified atom stereocenters. The van der Waals surface area contributed by atoms with Crippen molar-refractivity contribution in [3.8, 4) is 5.75 Å². The van der Waals surface area contributed by atoms with E-state index in [-0.39, 0.29) is 17.6 Å². The summed E-state index contributed by atoms with van der Waals surface area (Å²) in [5.74, 6) is 2.06. The highest BCUT2D eigenvalue weighted by Crippen LogP contribution is 2.47. The molecule has 1 aliphatic carbocycles. The fraction of sp³-hybridized carbons (Fsp3) is 0.684. The Bertz CT molecular complexity index is 468. The number of hydrogen-bond acceptors (Lipinski definition) is 2. The first-order valence-corrected chi connectivity index (χ1v) is 8.36. The lowest BCUT2D eigenvalue weighted by Gasteiger charge is -2.52. The van der Waals surface area contributed by atoms with Gasteiger partial charge in [-0.3, -0.25) is 0 Å². The molecule has 0 saturated heterocycles. The van der Waals surface area contributed by atoms with E-state index in [1.807, 2.05) is 0 Å². The van der Waals surface area contributed by atoms with Crippen molar-refractivity contribution in [3.05, 3.63) is 29.3 Å². The van der Waals surface area contributed by atoms with Crippen LogP contribution in [0.5, 0.6) is 5.75 Å². The van der Waals surface area contributed by atoms with E-state index in [0.717, 1.165) is 18.6 Å². The van der Waals surface area contributed by atoms with E-state index >= 15 is 0 Å². The maximum absolute atomic E-state index is 6.53. The molecule has 2 nitrogen and oxygen atoms in total. The molecule has 1 saturated carbocycles. The van der Waals surface area contributed by atoms with Crippen molar-refractivity contribution in [1.82, 2.24) is 0 Å². The number of para-hydroxylation sites is 1. The first kappa shape index (κ1) is 16.4. The number of hydrogen-bond donors (Lipinski definition) is 1. The molecule has 2 N–H and O–H groups in total. The third-order valence-corrected chi connectivity index (χ3v) is 5.39. The van der Waals surface area contributed by atoms with Crippen LogP contribution in [0.3, 0.4) is 0 Å². The van der Waals surface area contributed by atoms with Crippen molar-refractivity contribution >= 4 is 0 Å². The highest BCUT2D eigenvalue weighted by Gasteiger charge is 2.50. The Balaban J connectivity index is 2.35. The second-order valence-corrected chi connectivity index (χ2v) is 7.38. The zero-order valence-electron chi connectivity index (χ0n) is 14.4. The normalized spacial score (nSPS) is 28.8. The summed E-state index contributed by atoms with van der Waals surface area (Å²) in [6.07, 6.45) is 2.28. The van der Waals surface area contributed by atoms with Crippen LogP contribution < -0.4 is 10.5 Å². The van der Waals surface area contributed by atoms with E-state index in [4.69, 9.17) is 10.5 Å².